The first-order valence-corrected chi connectivity index (χ1v) is 7.05. The molecule has 0 aliphatic rings. The number of benzene rings is 1. The van der Waals surface area contributed by atoms with Gasteiger partial charge in [0.2, 0.25) is 0 Å². The summed E-state index contributed by atoms with van der Waals surface area (Å²) >= 11 is 1.23. The molecule has 0 spiro atoms. The molecule has 0 saturated heterocycles. The second kappa shape index (κ2) is 7.21. The van der Waals surface area contributed by atoms with Crippen LogP contribution in [0, 0.1) is 5.82 Å². The van der Waals surface area contributed by atoms with Crippen LogP contribution in [0.1, 0.15) is 18.9 Å². The average molecular weight is 277 g/mol. The lowest BCUT2D eigenvalue weighted by atomic mass is 10.3. The molecule has 19 heavy (non-hydrogen) atoms. The monoisotopic (exact) mass is 277 g/mol. The van der Waals surface area contributed by atoms with Crippen LogP contribution in [0.15, 0.2) is 46.7 Å². The first-order chi connectivity index (χ1) is 9.29. The van der Waals surface area contributed by atoms with Crippen molar-refractivity contribution in [3.05, 3.63) is 48.0 Å². The Hall–Kier alpha value is -1.46. The summed E-state index contributed by atoms with van der Waals surface area (Å²) in [6.07, 6.45) is 4.65. The Balaban J connectivity index is 1.97. The molecule has 0 saturated carbocycles. The average Bonchev–Trinajstić information content (AvgIpc) is 2.44. The highest BCUT2D eigenvalue weighted by molar-refractivity contribution is 7.99. The Kier molecular flexibility index (Phi) is 5.30. The summed E-state index contributed by atoms with van der Waals surface area (Å²) in [7, 11) is 0. The third-order valence-electron chi connectivity index (χ3n) is 2.48. The highest BCUT2D eigenvalue weighted by atomic mass is 32.2. The zero-order chi connectivity index (χ0) is 13.5. The molecular formula is C14H16FN3S. The summed E-state index contributed by atoms with van der Waals surface area (Å²) in [6, 6.07) is 6.63. The van der Waals surface area contributed by atoms with Crippen molar-refractivity contribution < 1.29 is 4.39 Å². The lowest BCUT2D eigenvalue weighted by molar-refractivity contribution is 0.601. The Morgan fingerprint density at radius 1 is 1.21 bits per heavy atom. The first kappa shape index (κ1) is 14.0. The van der Waals surface area contributed by atoms with Gasteiger partial charge in [0.05, 0.1) is 4.90 Å². The van der Waals surface area contributed by atoms with E-state index in [1.54, 1.807) is 30.6 Å². The number of nitrogens with one attached hydrogen (secondary N) is 1. The van der Waals surface area contributed by atoms with Crippen molar-refractivity contribution in [2.24, 2.45) is 0 Å². The van der Waals surface area contributed by atoms with E-state index in [0.29, 0.717) is 10.1 Å². The van der Waals surface area contributed by atoms with Gasteiger partial charge >= 0.3 is 0 Å². The number of aromatic nitrogens is 2. The molecule has 1 aromatic carbocycles. The molecule has 1 heterocycles. The Bertz CT molecular complexity index is 516. The van der Waals surface area contributed by atoms with Gasteiger partial charge in [-0.3, -0.25) is 0 Å². The van der Waals surface area contributed by atoms with E-state index >= 15 is 0 Å². The summed E-state index contributed by atoms with van der Waals surface area (Å²) in [5.74, 6) is -0.246. The molecule has 2 aromatic rings. The molecule has 3 nitrogen and oxygen atoms in total. The minimum absolute atomic E-state index is 0.246. The van der Waals surface area contributed by atoms with Crippen molar-refractivity contribution in [3.8, 4) is 0 Å². The van der Waals surface area contributed by atoms with Crippen molar-refractivity contribution in [2.45, 2.75) is 29.9 Å². The van der Waals surface area contributed by atoms with Gasteiger partial charge in [-0.15, -0.1) is 0 Å². The fraction of sp³-hybridized carbons (Fsp3) is 0.286. The highest BCUT2D eigenvalue weighted by Gasteiger charge is 2.05. The van der Waals surface area contributed by atoms with E-state index in [0.717, 1.165) is 25.1 Å². The second-order valence-electron chi connectivity index (χ2n) is 4.08. The molecule has 0 aliphatic carbocycles. The first-order valence-electron chi connectivity index (χ1n) is 6.23. The zero-order valence-corrected chi connectivity index (χ0v) is 11.6. The van der Waals surface area contributed by atoms with E-state index in [9.17, 15) is 4.39 Å². The maximum atomic E-state index is 13.5. The van der Waals surface area contributed by atoms with Gasteiger partial charge in [0, 0.05) is 24.5 Å². The van der Waals surface area contributed by atoms with Gasteiger partial charge in [-0.05, 0) is 36.9 Å². The SMILES string of the molecule is CCCNCc1cnc(Sc2ccccc2F)nc1. The van der Waals surface area contributed by atoms with Crippen molar-refractivity contribution in [2.75, 3.05) is 6.54 Å². The Labute approximate surface area is 116 Å². The molecule has 100 valence electrons. The lowest BCUT2D eigenvalue weighted by Gasteiger charge is -2.04. The molecule has 0 bridgehead atoms. The molecule has 1 aromatic heterocycles. The smallest absolute Gasteiger partial charge is 0.192 e. The predicted octanol–water partition coefficient (Wildman–Crippen LogP) is 3.27. The standard InChI is InChI=1S/C14H16FN3S/c1-2-7-16-8-11-9-17-14(18-10-11)19-13-6-4-3-5-12(13)15/h3-6,9-10,16H,2,7-8H2,1H3. The topological polar surface area (TPSA) is 37.8 Å². The minimum atomic E-state index is -0.246. The van der Waals surface area contributed by atoms with Crippen LogP contribution >= 0.6 is 11.8 Å². The van der Waals surface area contributed by atoms with Crippen LogP contribution < -0.4 is 5.32 Å². The van der Waals surface area contributed by atoms with Gasteiger partial charge in [0.25, 0.3) is 0 Å². The van der Waals surface area contributed by atoms with Crippen LogP contribution in [-0.2, 0) is 6.54 Å². The fourth-order valence-corrected chi connectivity index (χ4v) is 2.24. The molecule has 0 unspecified atom stereocenters. The zero-order valence-electron chi connectivity index (χ0n) is 10.8. The van der Waals surface area contributed by atoms with Gasteiger partial charge in [-0.25, -0.2) is 14.4 Å². The number of nitrogens with zero attached hydrogens (tertiary/aromatic N) is 2. The summed E-state index contributed by atoms with van der Waals surface area (Å²) in [6.45, 7) is 3.86. The molecule has 1 N–H and O–H groups in total. The number of hydrogen-bond acceptors (Lipinski definition) is 4. The van der Waals surface area contributed by atoms with E-state index in [1.807, 2.05) is 0 Å². The van der Waals surface area contributed by atoms with Gasteiger partial charge in [-0.1, -0.05) is 19.1 Å². The molecule has 5 heteroatoms. The van der Waals surface area contributed by atoms with Crippen LogP contribution in [0.5, 0.6) is 0 Å². The van der Waals surface area contributed by atoms with E-state index < -0.39 is 0 Å². The van der Waals surface area contributed by atoms with Crippen molar-refractivity contribution in [1.82, 2.24) is 15.3 Å². The van der Waals surface area contributed by atoms with Gasteiger partial charge < -0.3 is 5.32 Å². The third kappa shape index (κ3) is 4.29. The minimum Gasteiger partial charge on any atom is -0.313 e. The van der Waals surface area contributed by atoms with Crippen molar-refractivity contribution in [3.63, 3.8) is 0 Å². The molecular weight excluding hydrogens is 261 g/mol. The molecule has 0 radical (unpaired) electrons. The van der Waals surface area contributed by atoms with E-state index in [4.69, 9.17) is 0 Å². The van der Waals surface area contributed by atoms with Crippen molar-refractivity contribution in [1.29, 1.82) is 0 Å². The van der Waals surface area contributed by atoms with E-state index in [-0.39, 0.29) is 5.82 Å². The largest absolute Gasteiger partial charge is 0.313 e. The normalized spacial score (nSPS) is 10.6. The quantitative estimate of drug-likeness (QED) is 0.649. The molecule has 2 rings (SSSR count). The summed E-state index contributed by atoms with van der Waals surface area (Å²) in [5, 5.41) is 3.84. The predicted molar refractivity (Wildman–Crippen MR) is 74.6 cm³/mol. The van der Waals surface area contributed by atoms with Crippen LogP contribution in [-0.4, -0.2) is 16.5 Å². The van der Waals surface area contributed by atoms with Crippen LogP contribution in [0.4, 0.5) is 4.39 Å². The number of halogens is 1. The van der Waals surface area contributed by atoms with Crippen LogP contribution in [0.3, 0.4) is 0 Å². The lowest BCUT2D eigenvalue weighted by Crippen LogP contribution is -2.14. The second-order valence-corrected chi connectivity index (χ2v) is 5.09. The van der Waals surface area contributed by atoms with E-state index in [2.05, 4.69) is 22.2 Å². The van der Waals surface area contributed by atoms with Gasteiger partial charge in [-0.2, -0.15) is 0 Å². The maximum Gasteiger partial charge on any atom is 0.192 e. The van der Waals surface area contributed by atoms with Gasteiger partial charge in [0.1, 0.15) is 5.82 Å². The Morgan fingerprint density at radius 2 is 1.95 bits per heavy atom. The number of rotatable bonds is 6. The molecule has 0 fully saturated rings. The van der Waals surface area contributed by atoms with Crippen molar-refractivity contribution >= 4 is 11.8 Å². The van der Waals surface area contributed by atoms with Gasteiger partial charge in [0.15, 0.2) is 5.16 Å². The molecule has 0 amide bonds. The molecule has 0 aliphatic heterocycles. The summed E-state index contributed by atoms with van der Waals surface area (Å²) in [4.78, 5) is 9.02. The maximum absolute atomic E-state index is 13.5. The van der Waals surface area contributed by atoms with E-state index in [1.165, 1.54) is 17.8 Å². The highest BCUT2D eigenvalue weighted by Crippen LogP contribution is 2.26. The van der Waals surface area contributed by atoms with Crippen LogP contribution in [0.25, 0.3) is 0 Å². The summed E-state index contributed by atoms with van der Waals surface area (Å²) in [5.41, 5.74) is 1.03. The third-order valence-corrected chi connectivity index (χ3v) is 3.42. The fourth-order valence-electron chi connectivity index (χ4n) is 1.52. The Morgan fingerprint density at radius 3 is 2.63 bits per heavy atom. The molecule has 0 atom stereocenters. The summed E-state index contributed by atoms with van der Waals surface area (Å²) < 4.78 is 13.5. The number of hydrogen-bond donors (Lipinski definition) is 1. The van der Waals surface area contributed by atoms with Crippen LogP contribution in [0.2, 0.25) is 0 Å².